The van der Waals surface area contributed by atoms with Crippen molar-refractivity contribution in [1.29, 1.82) is 0 Å². The van der Waals surface area contributed by atoms with Gasteiger partial charge in [0.25, 0.3) is 5.22 Å². The largest absolute Gasteiger partial charge is 0.478 e. The minimum absolute atomic E-state index is 0.00781. The summed E-state index contributed by atoms with van der Waals surface area (Å²) in [5.41, 5.74) is 1.25. The number of rotatable bonds is 5. The highest BCUT2D eigenvalue weighted by atomic mass is 35.5. The van der Waals surface area contributed by atoms with Gasteiger partial charge >= 0.3 is 5.97 Å². The van der Waals surface area contributed by atoms with Crippen molar-refractivity contribution in [2.24, 2.45) is 0 Å². The van der Waals surface area contributed by atoms with Crippen LogP contribution in [0, 0.1) is 0 Å². The summed E-state index contributed by atoms with van der Waals surface area (Å²) in [4.78, 5) is 27.5. The maximum absolute atomic E-state index is 12.1. The van der Waals surface area contributed by atoms with Gasteiger partial charge in [-0.25, -0.2) is 9.78 Å². The van der Waals surface area contributed by atoms with E-state index in [-0.39, 0.29) is 17.0 Å². The lowest BCUT2D eigenvalue weighted by atomic mass is 10.2. The number of thioether (sulfide) groups is 1. The molecular formula is C16H10Cl2N2O4S. The van der Waals surface area contributed by atoms with Crippen molar-refractivity contribution < 1.29 is 19.1 Å². The third-order valence-corrected chi connectivity index (χ3v) is 4.44. The number of nitrogens with zero attached hydrogens (tertiary/aromatic N) is 1. The Morgan fingerprint density at radius 1 is 1.16 bits per heavy atom. The number of nitrogens with one attached hydrogen (secondary N) is 1. The van der Waals surface area contributed by atoms with Gasteiger partial charge < -0.3 is 14.8 Å². The molecule has 1 aromatic heterocycles. The number of aromatic nitrogens is 1. The monoisotopic (exact) mass is 396 g/mol. The molecule has 0 radical (unpaired) electrons. The third kappa shape index (κ3) is 4.25. The number of carbonyl (C=O) groups is 2. The van der Waals surface area contributed by atoms with Gasteiger partial charge in [-0.15, -0.1) is 0 Å². The number of hydrogen-bond donors (Lipinski definition) is 2. The van der Waals surface area contributed by atoms with Gasteiger partial charge in [-0.1, -0.05) is 35.0 Å². The number of carboxylic acid groups (broad SMARTS) is 1. The second-order valence-corrected chi connectivity index (χ2v) is 6.72. The van der Waals surface area contributed by atoms with E-state index in [9.17, 15) is 9.59 Å². The number of carboxylic acids is 1. The quantitative estimate of drug-likeness (QED) is 0.613. The highest BCUT2D eigenvalue weighted by Gasteiger charge is 2.14. The molecule has 3 aromatic rings. The molecule has 25 heavy (non-hydrogen) atoms. The van der Waals surface area contributed by atoms with Crippen molar-refractivity contribution in [1.82, 2.24) is 4.98 Å². The van der Waals surface area contributed by atoms with Crippen LogP contribution >= 0.6 is 35.0 Å². The van der Waals surface area contributed by atoms with Gasteiger partial charge in [-0.2, -0.15) is 0 Å². The van der Waals surface area contributed by atoms with Crippen LogP contribution in [0.3, 0.4) is 0 Å². The van der Waals surface area contributed by atoms with Crippen LogP contribution in [0.1, 0.15) is 10.4 Å². The molecule has 0 fully saturated rings. The standard InChI is InChI=1S/C16H10Cl2N2O4S/c17-8-1-3-10(15(22)23)11(5-8)19-14(21)7-25-16-20-12-6-9(18)2-4-13(12)24-16/h1-6H,7H2,(H,19,21)(H,22,23). The Bertz CT molecular complexity index is 974. The van der Waals surface area contributed by atoms with Gasteiger partial charge in [0.05, 0.1) is 17.0 Å². The summed E-state index contributed by atoms with van der Waals surface area (Å²) >= 11 is 12.8. The number of aromatic carboxylic acids is 1. The Morgan fingerprint density at radius 2 is 1.88 bits per heavy atom. The zero-order valence-corrected chi connectivity index (χ0v) is 14.8. The van der Waals surface area contributed by atoms with Crippen molar-refractivity contribution in [2.75, 3.05) is 11.1 Å². The van der Waals surface area contributed by atoms with E-state index >= 15 is 0 Å². The minimum atomic E-state index is -1.16. The molecule has 0 atom stereocenters. The lowest BCUT2D eigenvalue weighted by Crippen LogP contribution is -2.16. The number of benzene rings is 2. The lowest BCUT2D eigenvalue weighted by Gasteiger charge is -2.08. The van der Waals surface area contributed by atoms with Gasteiger partial charge in [0.2, 0.25) is 5.91 Å². The van der Waals surface area contributed by atoms with Crippen molar-refractivity contribution in [3.63, 3.8) is 0 Å². The fraction of sp³-hybridized carbons (Fsp3) is 0.0625. The Hall–Kier alpha value is -2.22. The van der Waals surface area contributed by atoms with E-state index < -0.39 is 11.9 Å². The maximum atomic E-state index is 12.1. The summed E-state index contributed by atoms with van der Waals surface area (Å²) in [7, 11) is 0. The third-order valence-electron chi connectivity index (χ3n) is 3.14. The number of carbonyl (C=O) groups excluding carboxylic acids is 1. The number of fused-ring (bicyclic) bond motifs is 1. The average Bonchev–Trinajstić information content (AvgIpc) is 2.94. The summed E-state index contributed by atoms with van der Waals surface area (Å²) < 4.78 is 5.50. The molecular weight excluding hydrogens is 387 g/mol. The van der Waals surface area contributed by atoms with Gasteiger partial charge in [0.1, 0.15) is 5.52 Å². The SMILES string of the molecule is O=C(CSc1nc2cc(Cl)ccc2o1)Nc1cc(Cl)ccc1C(=O)O. The molecule has 0 unspecified atom stereocenters. The van der Waals surface area contributed by atoms with Gasteiger partial charge in [-0.05, 0) is 36.4 Å². The summed E-state index contributed by atoms with van der Waals surface area (Å²) in [6.07, 6.45) is 0. The predicted octanol–water partition coefficient (Wildman–Crippen LogP) is 4.56. The number of hydrogen-bond acceptors (Lipinski definition) is 5. The van der Waals surface area contributed by atoms with Crippen LogP contribution < -0.4 is 5.32 Å². The zero-order valence-electron chi connectivity index (χ0n) is 12.5. The first-order valence-corrected chi connectivity index (χ1v) is 8.68. The molecule has 2 aromatic carbocycles. The van der Waals surface area contributed by atoms with E-state index in [1.807, 2.05) is 0 Å². The molecule has 0 saturated carbocycles. The second kappa shape index (κ2) is 7.35. The van der Waals surface area contributed by atoms with E-state index in [1.165, 1.54) is 18.2 Å². The van der Waals surface area contributed by atoms with E-state index in [1.54, 1.807) is 18.2 Å². The smallest absolute Gasteiger partial charge is 0.337 e. The fourth-order valence-electron chi connectivity index (χ4n) is 2.06. The van der Waals surface area contributed by atoms with Gasteiger partial charge in [0.15, 0.2) is 5.58 Å². The molecule has 1 heterocycles. The Balaban J connectivity index is 1.68. The van der Waals surface area contributed by atoms with Crippen molar-refractivity contribution >= 4 is 63.6 Å². The fourth-order valence-corrected chi connectivity index (χ4v) is 3.04. The van der Waals surface area contributed by atoms with E-state index in [0.717, 1.165) is 11.8 Å². The molecule has 0 spiro atoms. The number of halogens is 2. The molecule has 1 amide bonds. The Kier molecular flexibility index (Phi) is 5.17. The van der Waals surface area contributed by atoms with Crippen LogP contribution in [-0.2, 0) is 4.79 Å². The minimum Gasteiger partial charge on any atom is -0.478 e. The first-order valence-electron chi connectivity index (χ1n) is 6.94. The number of anilines is 1. The molecule has 0 bridgehead atoms. The molecule has 9 heteroatoms. The molecule has 2 N–H and O–H groups in total. The van der Waals surface area contributed by atoms with Crippen LogP contribution in [0.2, 0.25) is 10.0 Å². The summed E-state index contributed by atoms with van der Waals surface area (Å²) in [5.74, 6) is -1.57. The second-order valence-electron chi connectivity index (χ2n) is 4.92. The first-order chi connectivity index (χ1) is 11.9. The van der Waals surface area contributed by atoms with Gasteiger partial charge in [-0.3, -0.25) is 4.79 Å². The van der Waals surface area contributed by atoms with Crippen molar-refractivity contribution in [3.8, 4) is 0 Å². The zero-order chi connectivity index (χ0) is 18.0. The molecule has 0 aliphatic carbocycles. The summed E-state index contributed by atoms with van der Waals surface area (Å²) in [5, 5.41) is 12.9. The summed E-state index contributed by atoms with van der Waals surface area (Å²) in [6, 6.07) is 9.20. The summed E-state index contributed by atoms with van der Waals surface area (Å²) in [6.45, 7) is 0. The number of amides is 1. The Morgan fingerprint density at radius 3 is 2.64 bits per heavy atom. The van der Waals surface area contributed by atoms with E-state index in [2.05, 4.69) is 10.3 Å². The van der Waals surface area contributed by atoms with Crippen molar-refractivity contribution in [3.05, 3.63) is 52.0 Å². The van der Waals surface area contributed by atoms with E-state index in [4.69, 9.17) is 32.7 Å². The van der Waals surface area contributed by atoms with Crippen LogP contribution in [0.4, 0.5) is 5.69 Å². The Labute approximate surface area is 156 Å². The molecule has 128 valence electrons. The maximum Gasteiger partial charge on any atom is 0.337 e. The topological polar surface area (TPSA) is 92.4 Å². The molecule has 0 aliphatic rings. The van der Waals surface area contributed by atoms with Crippen LogP contribution in [0.15, 0.2) is 46.0 Å². The normalized spacial score (nSPS) is 10.8. The van der Waals surface area contributed by atoms with Gasteiger partial charge in [0, 0.05) is 10.0 Å². The van der Waals surface area contributed by atoms with Crippen molar-refractivity contribution in [2.45, 2.75) is 5.22 Å². The highest BCUT2D eigenvalue weighted by Crippen LogP contribution is 2.26. The molecule has 0 saturated heterocycles. The molecule has 6 nitrogen and oxygen atoms in total. The average molecular weight is 397 g/mol. The van der Waals surface area contributed by atoms with Crippen LogP contribution in [-0.4, -0.2) is 27.7 Å². The van der Waals surface area contributed by atoms with Crippen LogP contribution in [0.25, 0.3) is 11.1 Å². The molecule has 3 rings (SSSR count). The first kappa shape index (κ1) is 17.6. The predicted molar refractivity (Wildman–Crippen MR) is 96.8 cm³/mol. The van der Waals surface area contributed by atoms with E-state index in [0.29, 0.717) is 26.4 Å². The number of oxazole rings is 1. The lowest BCUT2D eigenvalue weighted by molar-refractivity contribution is -0.113. The highest BCUT2D eigenvalue weighted by molar-refractivity contribution is 7.99. The van der Waals surface area contributed by atoms with Crippen LogP contribution in [0.5, 0.6) is 0 Å². The molecule has 0 aliphatic heterocycles.